The van der Waals surface area contributed by atoms with Gasteiger partial charge in [-0.1, -0.05) is 15.9 Å². The average molecular weight is 1280 g/mol. The second kappa shape index (κ2) is 27.2. The highest BCUT2D eigenvalue weighted by Crippen LogP contribution is 2.41. The van der Waals surface area contributed by atoms with Crippen LogP contribution in [0.15, 0.2) is 110 Å². The molecule has 20 nitrogen and oxygen atoms in total. The molecule has 6 aromatic carbocycles. The first-order valence-corrected chi connectivity index (χ1v) is 29.6. The molecular formula is C65H63BrF3N11O9. The number of hydrogen-bond donors (Lipinski definition) is 4. The summed E-state index contributed by atoms with van der Waals surface area (Å²) in [5.41, 5.74) is 6.48. The summed E-state index contributed by atoms with van der Waals surface area (Å²) >= 11 is 3.38. The van der Waals surface area contributed by atoms with E-state index in [4.69, 9.17) is 37.9 Å². The topological polar surface area (TPSA) is 225 Å². The summed E-state index contributed by atoms with van der Waals surface area (Å²) in [7, 11) is 6.77. The number of H-pyrrole nitrogens is 3. The molecule has 1 aliphatic heterocycles. The summed E-state index contributed by atoms with van der Waals surface area (Å²) in [4.78, 5) is 39.4. The number of likely N-dealkylation sites (N-methyl/N-ethyl adjacent to an activating group) is 1. The lowest BCUT2D eigenvalue weighted by Crippen LogP contribution is -2.44. The number of rotatable bonds is 18. The van der Waals surface area contributed by atoms with Gasteiger partial charge >= 0.3 is 0 Å². The average Bonchev–Trinajstić information content (AvgIpc) is 1.89. The highest BCUT2D eigenvalue weighted by Gasteiger charge is 2.21. The van der Waals surface area contributed by atoms with Gasteiger partial charge in [0.05, 0.1) is 67.3 Å². The lowest BCUT2D eigenvalue weighted by molar-refractivity contribution is 0.145. The van der Waals surface area contributed by atoms with Crippen LogP contribution in [0.3, 0.4) is 0 Å². The smallest absolute Gasteiger partial charge is 0.230 e. The lowest BCUT2D eigenvalue weighted by Gasteiger charge is -2.32. The van der Waals surface area contributed by atoms with E-state index in [-0.39, 0.29) is 46.4 Å². The van der Waals surface area contributed by atoms with Gasteiger partial charge in [0.25, 0.3) is 0 Å². The largest absolute Gasteiger partial charge is 0.504 e. The fourth-order valence-electron chi connectivity index (χ4n) is 10.3. The number of fused-ring (bicyclic) bond motifs is 6. The number of aromatic amines is 3. The number of nitrogens with one attached hydrogen (secondary N) is 3. The molecule has 0 amide bonds. The molecule has 460 valence electrons. The van der Waals surface area contributed by atoms with E-state index < -0.39 is 17.5 Å². The van der Waals surface area contributed by atoms with E-state index in [0.717, 1.165) is 73.5 Å². The van der Waals surface area contributed by atoms with E-state index in [9.17, 15) is 13.9 Å². The maximum atomic E-state index is 15.1. The Labute approximate surface area is 517 Å². The molecule has 24 heteroatoms. The van der Waals surface area contributed by atoms with Crippen LogP contribution in [0.1, 0.15) is 29.9 Å². The van der Waals surface area contributed by atoms with Gasteiger partial charge in [0.1, 0.15) is 19.0 Å². The molecule has 0 atom stereocenters. The number of alkyl halides is 1. The first kappa shape index (κ1) is 61.0. The Bertz CT molecular complexity index is 4520. The number of aromatic hydroxyl groups is 1. The third-order valence-electron chi connectivity index (χ3n) is 14.8. The Morgan fingerprint density at radius 1 is 0.461 bits per heavy atom. The Balaban J connectivity index is 0.000000140. The number of halogens is 4. The quantitative estimate of drug-likeness (QED) is 0.0463. The zero-order valence-corrected chi connectivity index (χ0v) is 51.4. The highest BCUT2D eigenvalue weighted by molar-refractivity contribution is 9.09. The Morgan fingerprint density at radius 2 is 0.843 bits per heavy atom. The van der Waals surface area contributed by atoms with Crippen molar-refractivity contribution in [3.63, 3.8) is 0 Å². The zero-order chi connectivity index (χ0) is 62.3. The SMILES string of the molecule is COc1cc2ncnc(Oc3ccc4[nH]c(C)cc4c3F)c2cc1O.COc1cc2ncnc(Oc3ccc4[nH]c(C)cc4c3F)c2cc1OCCCBr.COc1cc2ncnc(Oc3ccc4[nH]c(C)cc4c3F)c2cc1OCCCN1CCN(C)CC1. The third-order valence-corrected chi connectivity index (χ3v) is 15.4. The Kier molecular flexibility index (Phi) is 18.6. The van der Waals surface area contributed by atoms with E-state index in [0.29, 0.717) is 96.1 Å². The normalized spacial score (nSPS) is 12.7. The zero-order valence-electron chi connectivity index (χ0n) is 49.8. The van der Waals surface area contributed by atoms with Crippen molar-refractivity contribution in [2.75, 3.05) is 79.6 Å². The number of aryl methyl sites for hydroxylation is 3. The van der Waals surface area contributed by atoms with Gasteiger partial charge in [-0.2, -0.15) is 0 Å². The second-order valence-electron chi connectivity index (χ2n) is 21.0. The number of ether oxygens (including phenoxy) is 8. The number of nitrogens with zero attached hydrogens (tertiary/aromatic N) is 8. The molecule has 6 aromatic heterocycles. The van der Waals surface area contributed by atoms with Gasteiger partial charge in [0, 0.05) is 106 Å². The number of phenolic OH excluding ortho intramolecular Hbond substituents is 1. The van der Waals surface area contributed by atoms with Crippen molar-refractivity contribution in [3.8, 4) is 69.4 Å². The maximum absolute atomic E-state index is 15.1. The molecule has 1 saturated heterocycles. The number of benzene rings is 6. The van der Waals surface area contributed by atoms with Crippen LogP contribution in [0.5, 0.6) is 69.4 Å². The Hall–Kier alpha value is -9.65. The van der Waals surface area contributed by atoms with Crippen molar-refractivity contribution in [2.24, 2.45) is 0 Å². The van der Waals surface area contributed by atoms with Crippen LogP contribution in [0, 0.1) is 38.2 Å². The molecule has 0 aliphatic carbocycles. The fourth-order valence-corrected chi connectivity index (χ4v) is 10.5. The van der Waals surface area contributed by atoms with Gasteiger partial charge in [0.2, 0.25) is 17.6 Å². The summed E-state index contributed by atoms with van der Waals surface area (Å²) in [5.74, 6) is 2.00. The minimum Gasteiger partial charge on any atom is -0.504 e. The molecule has 89 heavy (non-hydrogen) atoms. The number of aromatic nitrogens is 9. The minimum atomic E-state index is -0.480. The van der Waals surface area contributed by atoms with Crippen LogP contribution in [-0.4, -0.2) is 139 Å². The summed E-state index contributed by atoms with van der Waals surface area (Å²) in [5, 5.41) is 13.9. The standard InChI is InChI=1S/C26H30FN5O3.C21H19BrFN3O3.C18H14FN3O3/c1-17-13-18-20(30-17)5-6-22(25(18)27)35-26-19-14-24(23(33-3)15-21(19)28-16-29-26)34-12-4-7-32-10-8-31(2)9-11-32;1-12-8-13-15(26-12)4-5-17(20(13)23)29-21-14-9-19(28-7-3-6-22)18(27-2)10-16(14)24-11-25-21;1-9-5-10-12(22-9)3-4-15(17(10)19)25-18-11-6-14(23)16(24-2)7-13(11)20-8-21-18/h5-6,13-16,30H,4,7-12H2,1-3H3;4-5,8-11,26H,3,6-7H2,1-2H3;3-8,22-23H,1-2H3. The molecule has 12 aromatic rings. The monoisotopic (exact) mass is 1280 g/mol. The molecule has 7 heterocycles. The summed E-state index contributed by atoms with van der Waals surface area (Å²) in [6.45, 7) is 12.0. The highest BCUT2D eigenvalue weighted by atomic mass is 79.9. The minimum absolute atomic E-state index is 0.0433. The van der Waals surface area contributed by atoms with Crippen molar-refractivity contribution >= 4 is 81.3 Å². The first-order valence-electron chi connectivity index (χ1n) is 28.5. The van der Waals surface area contributed by atoms with Crippen LogP contribution in [-0.2, 0) is 0 Å². The van der Waals surface area contributed by atoms with Crippen LogP contribution >= 0.6 is 15.9 Å². The van der Waals surface area contributed by atoms with E-state index >= 15 is 4.39 Å². The van der Waals surface area contributed by atoms with E-state index in [1.54, 1.807) is 93.1 Å². The van der Waals surface area contributed by atoms with Crippen LogP contribution < -0.4 is 37.9 Å². The lowest BCUT2D eigenvalue weighted by atomic mass is 10.2. The summed E-state index contributed by atoms with van der Waals surface area (Å²) in [6.07, 6.45) is 5.83. The van der Waals surface area contributed by atoms with Crippen LogP contribution in [0.4, 0.5) is 13.2 Å². The molecule has 0 bridgehead atoms. The molecular weight excluding hydrogens is 1220 g/mol. The van der Waals surface area contributed by atoms with E-state index in [2.05, 4.69) is 77.6 Å². The molecule has 0 spiro atoms. The number of methoxy groups -OCH3 is 3. The molecule has 13 rings (SSSR count). The molecule has 0 saturated carbocycles. The molecule has 1 aliphatic rings. The first-order chi connectivity index (χ1) is 43.2. The van der Waals surface area contributed by atoms with Gasteiger partial charge < -0.3 is 67.8 Å². The van der Waals surface area contributed by atoms with Crippen molar-refractivity contribution in [2.45, 2.75) is 33.6 Å². The molecule has 1 fully saturated rings. The van der Waals surface area contributed by atoms with Gasteiger partial charge in [-0.05, 0) is 113 Å². The van der Waals surface area contributed by atoms with Crippen molar-refractivity contribution in [1.29, 1.82) is 0 Å². The molecule has 0 unspecified atom stereocenters. The Morgan fingerprint density at radius 3 is 1.24 bits per heavy atom. The maximum Gasteiger partial charge on any atom is 0.230 e. The summed E-state index contributed by atoms with van der Waals surface area (Å²) in [6, 6.07) is 25.3. The van der Waals surface area contributed by atoms with Gasteiger partial charge in [-0.3, -0.25) is 0 Å². The number of hydrogen-bond acceptors (Lipinski definition) is 17. The number of piperazine rings is 1. The van der Waals surface area contributed by atoms with E-state index in [1.807, 2.05) is 20.8 Å². The van der Waals surface area contributed by atoms with Crippen LogP contribution in [0.25, 0.3) is 65.4 Å². The molecule has 0 radical (unpaired) electrons. The van der Waals surface area contributed by atoms with Gasteiger partial charge in [0.15, 0.2) is 69.2 Å². The van der Waals surface area contributed by atoms with E-state index in [1.165, 1.54) is 38.2 Å². The van der Waals surface area contributed by atoms with Crippen molar-refractivity contribution in [3.05, 3.63) is 145 Å². The predicted octanol–water partition coefficient (Wildman–Crippen LogP) is 14.0. The van der Waals surface area contributed by atoms with Crippen LogP contribution in [0.2, 0.25) is 0 Å². The fraction of sp³-hybridized carbons (Fsp3) is 0.262. The number of phenols is 1. The van der Waals surface area contributed by atoms with Crippen molar-refractivity contribution in [1.82, 2.24) is 54.7 Å². The third kappa shape index (κ3) is 13.6. The van der Waals surface area contributed by atoms with Gasteiger partial charge in [-0.15, -0.1) is 0 Å². The molecule has 4 N–H and O–H groups in total. The van der Waals surface area contributed by atoms with Gasteiger partial charge in [-0.25, -0.2) is 43.1 Å². The van der Waals surface area contributed by atoms with Crippen molar-refractivity contribution < 1.29 is 56.2 Å². The summed E-state index contributed by atoms with van der Waals surface area (Å²) < 4.78 is 90.1. The predicted molar refractivity (Wildman–Crippen MR) is 337 cm³/mol. The second-order valence-corrected chi connectivity index (χ2v) is 21.8.